The molecule has 0 spiro atoms. The fraction of sp³-hybridized carbons (Fsp3) is 0.207. The van der Waals surface area contributed by atoms with E-state index in [2.05, 4.69) is 32.0 Å². The van der Waals surface area contributed by atoms with Crippen molar-refractivity contribution in [2.75, 3.05) is 30.8 Å². The number of halogens is 1. The number of nitrogens with zero attached hydrogens (tertiary/aromatic N) is 1. The second-order valence-corrected chi connectivity index (χ2v) is 8.30. The van der Waals surface area contributed by atoms with E-state index in [0.717, 1.165) is 40.6 Å². The van der Waals surface area contributed by atoms with Crippen LogP contribution in [0.15, 0.2) is 73.1 Å². The SMILES string of the molecule is CNc1ccc(Oc2ccnc(-c3cc(C)c[nH]3)c2)cc1.Cc1ccc(F)c(NC=O)c1.NCCCNC=O. The molecule has 0 fully saturated rings. The monoisotopic (exact) mass is 534 g/mol. The lowest BCUT2D eigenvalue weighted by atomic mass is 10.2. The van der Waals surface area contributed by atoms with Crippen LogP contribution >= 0.6 is 0 Å². The summed E-state index contributed by atoms with van der Waals surface area (Å²) in [4.78, 5) is 27.1. The number of rotatable bonds is 10. The van der Waals surface area contributed by atoms with Crippen LogP contribution in [0.3, 0.4) is 0 Å². The predicted octanol–water partition coefficient (Wildman–Crippen LogP) is 5.00. The van der Waals surface area contributed by atoms with E-state index in [9.17, 15) is 14.0 Å². The van der Waals surface area contributed by atoms with Gasteiger partial charge in [0, 0.05) is 37.7 Å². The lowest BCUT2D eigenvalue weighted by molar-refractivity contribution is -0.109. The van der Waals surface area contributed by atoms with Crippen LogP contribution in [0.4, 0.5) is 15.8 Å². The molecule has 0 saturated heterocycles. The van der Waals surface area contributed by atoms with Gasteiger partial charge in [-0.2, -0.15) is 0 Å². The first-order chi connectivity index (χ1) is 18.9. The van der Waals surface area contributed by atoms with Gasteiger partial charge in [-0.1, -0.05) is 6.07 Å². The van der Waals surface area contributed by atoms with E-state index in [1.807, 2.05) is 63.5 Å². The standard InChI is InChI=1S/C17H17N3O.C8H8FNO.C4H10N2O/c1-12-9-16(20-11-12)17-10-15(7-8-19-17)21-14-5-3-13(18-2)4-6-14;1-6-2-3-7(9)8(4-6)10-5-11;5-2-1-3-6-4-7/h3-11,18,20H,1-2H3;2-5H,1H3,(H,10,11);4H,1-3,5H2,(H,6,7). The molecule has 2 heterocycles. The number of nitrogens with two attached hydrogens (primary N) is 1. The molecule has 0 atom stereocenters. The number of carbonyl (C=O) groups is 2. The molecule has 4 rings (SSSR count). The fourth-order valence-corrected chi connectivity index (χ4v) is 3.17. The van der Waals surface area contributed by atoms with E-state index in [-0.39, 0.29) is 5.69 Å². The van der Waals surface area contributed by atoms with Gasteiger partial charge in [0.15, 0.2) is 0 Å². The van der Waals surface area contributed by atoms with Crippen LogP contribution in [0.5, 0.6) is 11.5 Å². The number of amides is 2. The van der Waals surface area contributed by atoms with Gasteiger partial charge < -0.3 is 31.4 Å². The lowest BCUT2D eigenvalue weighted by Crippen LogP contribution is -2.15. The zero-order valence-corrected chi connectivity index (χ0v) is 22.3. The third-order valence-electron chi connectivity index (χ3n) is 5.16. The maximum atomic E-state index is 12.7. The van der Waals surface area contributed by atoms with Crippen LogP contribution in [0.1, 0.15) is 17.5 Å². The number of hydrogen-bond donors (Lipinski definition) is 5. The Hall–Kier alpha value is -4.70. The van der Waals surface area contributed by atoms with E-state index in [1.54, 1.807) is 18.3 Å². The molecule has 10 heteroatoms. The highest BCUT2D eigenvalue weighted by molar-refractivity contribution is 5.71. The number of ether oxygens (including phenoxy) is 1. The Morgan fingerprint density at radius 1 is 0.974 bits per heavy atom. The molecule has 0 aliphatic carbocycles. The number of H-pyrrole nitrogens is 1. The van der Waals surface area contributed by atoms with Gasteiger partial charge in [0.1, 0.15) is 17.3 Å². The summed E-state index contributed by atoms with van der Waals surface area (Å²) in [6.07, 6.45) is 5.70. The van der Waals surface area contributed by atoms with Gasteiger partial charge in [-0.3, -0.25) is 14.6 Å². The molecule has 2 aromatic carbocycles. The molecule has 2 aromatic heterocycles. The van der Waals surface area contributed by atoms with Crippen LogP contribution in [-0.2, 0) is 9.59 Å². The second kappa shape index (κ2) is 16.9. The van der Waals surface area contributed by atoms with Crippen LogP contribution in [0.2, 0.25) is 0 Å². The number of hydrogen-bond acceptors (Lipinski definition) is 6. The summed E-state index contributed by atoms with van der Waals surface area (Å²) in [6.45, 7) is 5.21. The molecule has 6 N–H and O–H groups in total. The van der Waals surface area contributed by atoms with Crippen LogP contribution < -0.4 is 26.4 Å². The third kappa shape index (κ3) is 11.1. The van der Waals surface area contributed by atoms with Gasteiger partial charge in [0.25, 0.3) is 0 Å². The fourth-order valence-electron chi connectivity index (χ4n) is 3.17. The van der Waals surface area contributed by atoms with Crippen molar-refractivity contribution in [1.82, 2.24) is 15.3 Å². The van der Waals surface area contributed by atoms with Crippen LogP contribution in [-0.4, -0.2) is 42.9 Å². The zero-order valence-electron chi connectivity index (χ0n) is 22.3. The summed E-state index contributed by atoms with van der Waals surface area (Å²) < 4.78 is 18.6. The van der Waals surface area contributed by atoms with Crippen LogP contribution in [0.25, 0.3) is 11.4 Å². The quantitative estimate of drug-likeness (QED) is 0.144. The van der Waals surface area contributed by atoms with Crippen molar-refractivity contribution in [2.45, 2.75) is 20.3 Å². The molecule has 2 amide bonds. The summed E-state index contributed by atoms with van der Waals surface area (Å²) in [7, 11) is 1.89. The van der Waals surface area contributed by atoms with Crippen LogP contribution in [0, 0.1) is 19.7 Å². The summed E-state index contributed by atoms with van der Waals surface area (Å²) in [5.41, 5.74) is 10.3. The van der Waals surface area contributed by atoms with Gasteiger partial charge in [-0.25, -0.2) is 4.39 Å². The Kier molecular flexibility index (Phi) is 13.3. The molecule has 0 aliphatic rings. The zero-order chi connectivity index (χ0) is 28.5. The minimum atomic E-state index is -0.414. The highest BCUT2D eigenvalue weighted by Gasteiger charge is 2.04. The first-order valence-electron chi connectivity index (χ1n) is 12.3. The Balaban J connectivity index is 0.000000248. The molecule has 0 bridgehead atoms. The lowest BCUT2D eigenvalue weighted by Gasteiger charge is -2.07. The minimum Gasteiger partial charge on any atom is -0.457 e. The molecular formula is C29H35FN6O3. The molecule has 39 heavy (non-hydrogen) atoms. The summed E-state index contributed by atoms with van der Waals surface area (Å²) in [5, 5.41) is 7.83. The highest BCUT2D eigenvalue weighted by Crippen LogP contribution is 2.26. The number of aromatic nitrogens is 2. The molecule has 0 saturated carbocycles. The molecule has 0 aliphatic heterocycles. The van der Waals surface area contributed by atoms with Crippen molar-refractivity contribution < 1.29 is 18.7 Å². The number of benzene rings is 2. The van der Waals surface area contributed by atoms with Gasteiger partial charge >= 0.3 is 0 Å². The topological polar surface area (TPSA) is 134 Å². The first-order valence-corrected chi connectivity index (χ1v) is 12.3. The maximum absolute atomic E-state index is 12.7. The second-order valence-electron chi connectivity index (χ2n) is 8.30. The average molecular weight is 535 g/mol. The van der Waals surface area contributed by atoms with Crippen molar-refractivity contribution in [3.8, 4) is 22.9 Å². The minimum absolute atomic E-state index is 0.222. The molecule has 0 unspecified atom stereocenters. The van der Waals surface area contributed by atoms with E-state index in [0.29, 0.717) is 25.9 Å². The number of anilines is 2. The molecule has 0 radical (unpaired) electrons. The van der Waals surface area contributed by atoms with E-state index in [4.69, 9.17) is 10.5 Å². The predicted molar refractivity (Wildman–Crippen MR) is 153 cm³/mol. The Morgan fingerprint density at radius 2 is 1.74 bits per heavy atom. The molecular weight excluding hydrogens is 499 g/mol. The summed E-state index contributed by atoms with van der Waals surface area (Å²) >= 11 is 0. The normalized spacial score (nSPS) is 9.67. The largest absolute Gasteiger partial charge is 0.457 e. The van der Waals surface area contributed by atoms with Gasteiger partial charge in [0.2, 0.25) is 12.8 Å². The number of nitrogens with one attached hydrogen (secondary N) is 4. The van der Waals surface area contributed by atoms with Crippen molar-refractivity contribution >= 4 is 24.2 Å². The van der Waals surface area contributed by atoms with Gasteiger partial charge in [-0.05, 0) is 86.5 Å². The molecule has 4 aromatic rings. The number of carbonyl (C=O) groups excluding carboxylic acids is 2. The number of pyridine rings is 1. The first kappa shape index (κ1) is 30.5. The number of aryl methyl sites for hydroxylation is 2. The smallest absolute Gasteiger partial charge is 0.211 e. The van der Waals surface area contributed by atoms with E-state index >= 15 is 0 Å². The maximum Gasteiger partial charge on any atom is 0.211 e. The van der Waals surface area contributed by atoms with Gasteiger partial charge in [-0.15, -0.1) is 0 Å². The average Bonchev–Trinajstić information content (AvgIpc) is 3.39. The van der Waals surface area contributed by atoms with Gasteiger partial charge in [0.05, 0.1) is 17.1 Å². The Bertz CT molecular complexity index is 1290. The van der Waals surface area contributed by atoms with E-state index < -0.39 is 5.82 Å². The summed E-state index contributed by atoms with van der Waals surface area (Å²) in [6, 6.07) is 18.2. The number of aromatic amines is 1. The van der Waals surface area contributed by atoms with Crippen molar-refractivity contribution in [1.29, 1.82) is 0 Å². The molecule has 9 nitrogen and oxygen atoms in total. The highest BCUT2D eigenvalue weighted by atomic mass is 19.1. The Morgan fingerprint density at radius 3 is 2.36 bits per heavy atom. The third-order valence-corrected chi connectivity index (χ3v) is 5.16. The molecule has 206 valence electrons. The Labute approximate surface area is 228 Å². The van der Waals surface area contributed by atoms with E-state index in [1.165, 1.54) is 11.6 Å². The van der Waals surface area contributed by atoms with Crippen molar-refractivity contribution in [2.24, 2.45) is 5.73 Å². The van der Waals surface area contributed by atoms with Crippen molar-refractivity contribution in [3.05, 3.63) is 90.0 Å². The van der Waals surface area contributed by atoms with Crippen molar-refractivity contribution in [3.63, 3.8) is 0 Å². The summed E-state index contributed by atoms with van der Waals surface area (Å²) in [5.74, 6) is 1.15.